The average Bonchev–Trinajstić information content (AvgIpc) is 2.56. The minimum atomic E-state index is -0.953. The Hall–Kier alpha value is -2.72. The molecule has 3 aromatic rings. The van der Waals surface area contributed by atoms with Gasteiger partial charge >= 0.3 is 5.97 Å². The topological polar surface area (TPSA) is 70.4 Å². The first-order valence-corrected chi connectivity index (χ1v) is 7.44. The lowest BCUT2D eigenvalue weighted by Crippen LogP contribution is -1.98. The lowest BCUT2D eigenvalue weighted by Gasteiger charge is -2.10. The Morgan fingerprint density at radius 2 is 1.91 bits per heavy atom. The standard InChI is InChI=1S/C19H17NO3/c1-12-10-17(14-5-2-6-15(11-14)19(22)23)20-18-13(8-9-21)4-3-7-16(12)18/h2-7,10-11,21H,8-9H2,1H3,(H,22,23). The molecule has 0 unspecified atom stereocenters. The van der Waals surface area contributed by atoms with Crippen molar-refractivity contribution in [1.82, 2.24) is 4.98 Å². The van der Waals surface area contributed by atoms with Crippen molar-refractivity contribution in [1.29, 1.82) is 0 Å². The number of aliphatic hydroxyl groups excluding tert-OH is 1. The third kappa shape index (κ3) is 2.94. The molecule has 2 aromatic carbocycles. The summed E-state index contributed by atoms with van der Waals surface area (Å²) in [5.41, 5.74) is 4.68. The molecule has 4 heteroatoms. The highest BCUT2D eigenvalue weighted by Gasteiger charge is 2.10. The number of hydrogen-bond donors (Lipinski definition) is 2. The van der Waals surface area contributed by atoms with Gasteiger partial charge in [0.1, 0.15) is 0 Å². The van der Waals surface area contributed by atoms with E-state index in [0.29, 0.717) is 6.42 Å². The monoisotopic (exact) mass is 307 g/mol. The summed E-state index contributed by atoms with van der Waals surface area (Å²) in [5.74, 6) is -0.953. The van der Waals surface area contributed by atoms with E-state index in [-0.39, 0.29) is 12.2 Å². The number of carbonyl (C=O) groups is 1. The Kier molecular flexibility index (Phi) is 4.08. The largest absolute Gasteiger partial charge is 0.478 e. The van der Waals surface area contributed by atoms with E-state index in [2.05, 4.69) is 0 Å². The first-order chi connectivity index (χ1) is 11.1. The first-order valence-electron chi connectivity index (χ1n) is 7.44. The van der Waals surface area contributed by atoms with Crippen LogP contribution in [0.25, 0.3) is 22.2 Å². The highest BCUT2D eigenvalue weighted by Crippen LogP contribution is 2.27. The predicted molar refractivity (Wildman–Crippen MR) is 89.7 cm³/mol. The summed E-state index contributed by atoms with van der Waals surface area (Å²) in [6.07, 6.45) is 0.544. The number of aromatic nitrogens is 1. The Morgan fingerprint density at radius 3 is 2.65 bits per heavy atom. The van der Waals surface area contributed by atoms with E-state index < -0.39 is 5.97 Å². The minimum absolute atomic E-state index is 0.0680. The van der Waals surface area contributed by atoms with Gasteiger partial charge in [-0.05, 0) is 42.7 Å². The zero-order chi connectivity index (χ0) is 16.4. The summed E-state index contributed by atoms with van der Waals surface area (Å²) in [6, 6.07) is 14.7. The Morgan fingerprint density at radius 1 is 1.13 bits per heavy atom. The van der Waals surface area contributed by atoms with E-state index in [0.717, 1.165) is 33.3 Å². The van der Waals surface area contributed by atoms with Gasteiger partial charge in [0.2, 0.25) is 0 Å². The van der Waals surface area contributed by atoms with Crippen LogP contribution >= 0.6 is 0 Å². The maximum Gasteiger partial charge on any atom is 0.335 e. The molecule has 0 fully saturated rings. The molecule has 1 aromatic heterocycles. The highest BCUT2D eigenvalue weighted by atomic mass is 16.4. The van der Waals surface area contributed by atoms with Gasteiger partial charge in [-0.1, -0.05) is 30.3 Å². The van der Waals surface area contributed by atoms with Crippen LogP contribution in [-0.4, -0.2) is 27.8 Å². The summed E-state index contributed by atoms with van der Waals surface area (Å²) in [5, 5.41) is 19.4. The van der Waals surface area contributed by atoms with E-state index in [9.17, 15) is 9.90 Å². The fourth-order valence-electron chi connectivity index (χ4n) is 2.76. The first kappa shape index (κ1) is 15.2. The number of aliphatic hydroxyl groups is 1. The fourth-order valence-corrected chi connectivity index (χ4v) is 2.76. The van der Waals surface area contributed by atoms with Gasteiger partial charge in [0.15, 0.2) is 0 Å². The molecule has 3 rings (SSSR count). The SMILES string of the molecule is Cc1cc(-c2cccc(C(=O)O)c2)nc2c(CCO)cccc12. The molecule has 0 bridgehead atoms. The highest BCUT2D eigenvalue weighted by molar-refractivity contribution is 5.91. The molecule has 0 amide bonds. The molecule has 23 heavy (non-hydrogen) atoms. The zero-order valence-electron chi connectivity index (χ0n) is 12.8. The van der Waals surface area contributed by atoms with Crippen LogP contribution in [0.4, 0.5) is 0 Å². The van der Waals surface area contributed by atoms with Gasteiger partial charge in [0.25, 0.3) is 0 Å². The maximum absolute atomic E-state index is 11.2. The normalized spacial score (nSPS) is 10.9. The summed E-state index contributed by atoms with van der Waals surface area (Å²) in [6.45, 7) is 2.08. The van der Waals surface area contributed by atoms with Crippen molar-refractivity contribution < 1.29 is 15.0 Å². The number of rotatable bonds is 4. The Bertz CT molecular complexity index is 887. The molecule has 0 saturated heterocycles. The van der Waals surface area contributed by atoms with E-state index >= 15 is 0 Å². The van der Waals surface area contributed by atoms with E-state index in [1.807, 2.05) is 37.3 Å². The molecule has 0 atom stereocenters. The van der Waals surface area contributed by atoms with Crippen molar-refractivity contribution in [3.8, 4) is 11.3 Å². The van der Waals surface area contributed by atoms with Crippen molar-refractivity contribution in [3.05, 3.63) is 65.2 Å². The molecule has 0 spiro atoms. The molecule has 0 aliphatic rings. The van der Waals surface area contributed by atoms with Gasteiger partial charge in [0.05, 0.1) is 16.8 Å². The molecule has 116 valence electrons. The average molecular weight is 307 g/mol. The molecule has 0 saturated carbocycles. The molecule has 0 aliphatic heterocycles. The number of carboxylic acids is 1. The van der Waals surface area contributed by atoms with E-state index in [1.54, 1.807) is 18.2 Å². The number of carboxylic acid groups (broad SMARTS) is 1. The Labute approximate surface area is 134 Å². The fraction of sp³-hybridized carbons (Fsp3) is 0.158. The van der Waals surface area contributed by atoms with Gasteiger partial charge in [0, 0.05) is 17.6 Å². The van der Waals surface area contributed by atoms with Crippen LogP contribution < -0.4 is 0 Å². The molecule has 2 N–H and O–H groups in total. The number of para-hydroxylation sites is 1. The molecular formula is C19H17NO3. The van der Waals surface area contributed by atoms with E-state index in [4.69, 9.17) is 10.1 Å². The van der Waals surface area contributed by atoms with Crippen LogP contribution in [0.15, 0.2) is 48.5 Å². The molecule has 1 heterocycles. The summed E-state index contributed by atoms with van der Waals surface area (Å²) < 4.78 is 0. The van der Waals surface area contributed by atoms with Crippen molar-refractivity contribution in [2.75, 3.05) is 6.61 Å². The lowest BCUT2D eigenvalue weighted by atomic mass is 10.0. The van der Waals surface area contributed by atoms with Crippen molar-refractivity contribution in [2.45, 2.75) is 13.3 Å². The maximum atomic E-state index is 11.2. The van der Waals surface area contributed by atoms with Crippen molar-refractivity contribution >= 4 is 16.9 Å². The molecule has 4 nitrogen and oxygen atoms in total. The van der Waals surface area contributed by atoms with Gasteiger partial charge in [-0.15, -0.1) is 0 Å². The molecule has 0 aliphatic carbocycles. The van der Waals surface area contributed by atoms with Gasteiger partial charge in [-0.3, -0.25) is 0 Å². The number of benzene rings is 2. The van der Waals surface area contributed by atoms with Crippen LogP contribution in [-0.2, 0) is 6.42 Å². The number of pyridine rings is 1. The van der Waals surface area contributed by atoms with Gasteiger partial charge in [-0.25, -0.2) is 9.78 Å². The number of aryl methyl sites for hydroxylation is 1. The predicted octanol–water partition coefficient (Wildman–Crippen LogP) is 3.44. The van der Waals surface area contributed by atoms with Crippen LogP contribution in [0.3, 0.4) is 0 Å². The third-order valence-electron chi connectivity index (χ3n) is 3.92. The zero-order valence-corrected chi connectivity index (χ0v) is 12.8. The second kappa shape index (κ2) is 6.18. The molecule has 0 radical (unpaired) electrons. The van der Waals surface area contributed by atoms with Crippen LogP contribution in [0.5, 0.6) is 0 Å². The van der Waals surface area contributed by atoms with Crippen LogP contribution in [0, 0.1) is 6.92 Å². The summed E-state index contributed by atoms with van der Waals surface area (Å²) >= 11 is 0. The van der Waals surface area contributed by atoms with Crippen LogP contribution in [0.1, 0.15) is 21.5 Å². The second-order valence-electron chi connectivity index (χ2n) is 5.50. The lowest BCUT2D eigenvalue weighted by molar-refractivity contribution is 0.0697. The number of hydrogen-bond acceptors (Lipinski definition) is 3. The smallest absolute Gasteiger partial charge is 0.335 e. The minimum Gasteiger partial charge on any atom is -0.478 e. The van der Waals surface area contributed by atoms with Crippen molar-refractivity contribution in [3.63, 3.8) is 0 Å². The van der Waals surface area contributed by atoms with Gasteiger partial charge < -0.3 is 10.2 Å². The molecular weight excluding hydrogens is 290 g/mol. The Balaban J connectivity index is 2.21. The van der Waals surface area contributed by atoms with Crippen molar-refractivity contribution in [2.24, 2.45) is 0 Å². The number of aromatic carboxylic acids is 1. The van der Waals surface area contributed by atoms with Gasteiger partial charge in [-0.2, -0.15) is 0 Å². The number of nitrogens with zero attached hydrogens (tertiary/aromatic N) is 1. The summed E-state index contributed by atoms with van der Waals surface area (Å²) in [7, 11) is 0. The number of fused-ring (bicyclic) bond motifs is 1. The van der Waals surface area contributed by atoms with E-state index in [1.165, 1.54) is 0 Å². The third-order valence-corrected chi connectivity index (χ3v) is 3.92. The van der Waals surface area contributed by atoms with Crippen LogP contribution in [0.2, 0.25) is 0 Å². The second-order valence-corrected chi connectivity index (χ2v) is 5.50. The summed E-state index contributed by atoms with van der Waals surface area (Å²) in [4.78, 5) is 15.9. The quantitative estimate of drug-likeness (QED) is 0.774.